The fourth-order valence-corrected chi connectivity index (χ4v) is 9.62. The molecule has 0 radical (unpaired) electrons. The highest BCUT2D eigenvalue weighted by atomic mass is 32.1. The molecule has 0 fully saturated rings. The summed E-state index contributed by atoms with van der Waals surface area (Å²) >= 11 is 3.66. The maximum absolute atomic E-state index is 5.32. The summed E-state index contributed by atoms with van der Waals surface area (Å²) in [5, 5.41) is 6.26. The zero-order valence-electron chi connectivity index (χ0n) is 24.2. The van der Waals surface area contributed by atoms with Gasteiger partial charge in [-0.1, -0.05) is 103 Å². The number of hydrogen-bond acceptors (Lipinski definition) is 4. The second-order valence-electron chi connectivity index (χ2n) is 11.9. The molecule has 2 unspecified atom stereocenters. The Morgan fingerprint density at radius 2 is 1.33 bits per heavy atom. The quantitative estimate of drug-likeness (QED) is 0.198. The molecule has 0 saturated carbocycles. The van der Waals surface area contributed by atoms with Crippen molar-refractivity contribution in [1.29, 1.82) is 0 Å². The van der Waals surface area contributed by atoms with Crippen molar-refractivity contribution in [2.45, 2.75) is 12.0 Å². The summed E-state index contributed by atoms with van der Waals surface area (Å²) in [5.74, 6) is 0.335. The third-order valence-electron chi connectivity index (χ3n) is 9.41. The molecule has 3 heterocycles. The minimum Gasteiger partial charge on any atom is -0.333 e. The average molecular weight is 611 g/mol. The van der Waals surface area contributed by atoms with Gasteiger partial charge in [-0.2, -0.15) is 0 Å². The molecule has 212 valence electrons. The van der Waals surface area contributed by atoms with Gasteiger partial charge in [-0.05, 0) is 64.0 Å². The first kappa shape index (κ1) is 25.3. The molecule has 4 heteroatoms. The van der Waals surface area contributed by atoms with E-state index in [1.807, 2.05) is 11.3 Å². The molecule has 10 rings (SSSR count). The normalized spacial score (nSPS) is 16.8. The second-order valence-corrected chi connectivity index (χ2v) is 14.0. The van der Waals surface area contributed by atoms with E-state index in [2.05, 4.69) is 151 Å². The van der Waals surface area contributed by atoms with Crippen LogP contribution >= 0.6 is 22.7 Å². The van der Waals surface area contributed by atoms with Gasteiger partial charge < -0.3 is 4.90 Å². The summed E-state index contributed by atoms with van der Waals surface area (Å²) in [6.45, 7) is 0. The molecule has 2 aromatic heterocycles. The van der Waals surface area contributed by atoms with Gasteiger partial charge in [0.25, 0.3) is 0 Å². The van der Waals surface area contributed by atoms with E-state index < -0.39 is 0 Å². The van der Waals surface area contributed by atoms with E-state index in [4.69, 9.17) is 4.98 Å². The third kappa shape index (κ3) is 3.83. The van der Waals surface area contributed by atoms with Crippen LogP contribution in [0.1, 0.15) is 11.5 Å². The minimum atomic E-state index is 0.252. The van der Waals surface area contributed by atoms with Crippen LogP contribution in [-0.2, 0) is 0 Å². The molecule has 0 amide bonds. The van der Waals surface area contributed by atoms with Gasteiger partial charge in [0.1, 0.15) is 5.01 Å². The SMILES string of the molecule is C1=c2ccccc2=CC2C1c1ccccc1N2c1ccc(-c2nc3c(cc(-c4ccccc4)c4sc5ccccc5c43)s2)cc1. The largest absolute Gasteiger partial charge is 0.333 e. The molecule has 0 saturated heterocycles. The van der Waals surface area contributed by atoms with Crippen LogP contribution in [0.25, 0.3) is 64.2 Å². The summed E-state index contributed by atoms with van der Waals surface area (Å²) in [6, 6.07) is 48.8. The summed E-state index contributed by atoms with van der Waals surface area (Å²) in [5.41, 5.74) is 8.69. The Hall–Kier alpha value is -5.03. The first-order chi connectivity index (χ1) is 22.3. The first-order valence-corrected chi connectivity index (χ1v) is 17.0. The lowest BCUT2D eigenvalue weighted by Crippen LogP contribution is -2.38. The standard InChI is InChI=1S/C41H26N2S2/c1-2-10-25(11-3-1)32-24-37-39(38-31-15-7-9-17-36(31)44-40(32)38)42-41(45-37)26-18-20-29(21-19-26)43-34-16-8-6-14-30(34)33-22-27-12-4-5-13-28(27)23-35(33)43/h1-24,33,35H. The summed E-state index contributed by atoms with van der Waals surface area (Å²) in [7, 11) is 0. The van der Waals surface area contributed by atoms with Crippen molar-refractivity contribution < 1.29 is 0 Å². The number of anilines is 2. The van der Waals surface area contributed by atoms with Gasteiger partial charge in [0, 0.05) is 48.6 Å². The lowest BCUT2D eigenvalue weighted by Gasteiger charge is -2.29. The number of benzene rings is 6. The highest BCUT2D eigenvalue weighted by Gasteiger charge is 2.37. The van der Waals surface area contributed by atoms with Gasteiger partial charge >= 0.3 is 0 Å². The maximum atomic E-state index is 5.32. The zero-order chi connectivity index (χ0) is 29.5. The predicted molar refractivity (Wildman–Crippen MR) is 193 cm³/mol. The molecule has 6 aromatic carbocycles. The number of fused-ring (bicyclic) bond motifs is 9. The van der Waals surface area contributed by atoms with Crippen molar-refractivity contribution in [1.82, 2.24) is 4.98 Å². The van der Waals surface area contributed by atoms with Crippen LogP contribution in [0.15, 0.2) is 133 Å². The highest BCUT2D eigenvalue weighted by molar-refractivity contribution is 7.27. The zero-order valence-corrected chi connectivity index (χ0v) is 25.9. The molecule has 1 aliphatic heterocycles. The van der Waals surface area contributed by atoms with E-state index in [9.17, 15) is 0 Å². The third-order valence-corrected chi connectivity index (χ3v) is 11.7. The molecule has 2 atom stereocenters. The molecule has 8 aromatic rings. The monoisotopic (exact) mass is 610 g/mol. The lowest BCUT2D eigenvalue weighted by molar-refractivity contribution is 0.802. The minimum absolute atomic E-state index is 0.252. The molecule has 45 heavy (non-hydrogen) atoms. The van der Waals surface area contributed by atoms with E-state index >= 15 is 0 Å². The van der Waals surface area contributed by atoms with Crippen LogP contribution in [0.5, 0.6) is 0 Å². The van der Waals surface area contributed by atoms with E-state index in [1.165, 1.54) is 63.4 Å². The topological polar surface area (TPSA) is 16.1 Å². The molecular formula is C41H26N2S2. The molecule has 0 bridgehead atoms. The number of thiophene rings is 1. The molecular weight excluding hydrogens is 585 g/mol. The summed E-state index contributed by atoms with van der Waals surface area (Å²) in [6.07, 6.45) is 4.90. The Bertz CT molecular complexity index is 2560. The van der Waals surface area contributed by atoms with Gasteiger partial charge in [0.05, 0.1) is 16.3 Å². The van der Waals surface area contributed by atoms with Gasteiger partial charge in [0.15, 0.2) is 0 Å². The van der Waals surface area contributed by atoms with Crippen molar-refractivity contribution in [3.8, 4) is 21.7 Å². The van der Waals surface area contributed by atoms with E-state index in [-0.39, 0.29) is 6.04 Å². The second kappa shape index (κ2) is 9.73. The van der Waals surface area contributed by atoms with E-state index in [0.717, 1.165) is 16.1 Å². The molecule has 1 aliphatic carbocycles. The van der Waals surface area contributed by atoms with Crippen LogP contribution in [0.3, 0.4) is 0 Å². The number of thiazole rings is 1. The Labute approximate surface area is 268 Å². The van der Waals surface area contributed by atoms with Crippen molar-refractivity contribution >= 4 is 76.6 Å². The smallest absolute Gasteiger partial charge is 0.124 e. The van der Waals surface area contributed by atoms with Crippen LogP contribution in [0.2, 0.25) is 0 Å². The summed E-state index contributed by atoms with van der Waals surface area (Å²) < 4.78 is 3.84. The van der Waals surface area contributed by atoms with Crippen molar-refractivity contribution in [3.05, 3.63) is 149 Å². The van der Waals surface area contributed by atoms with Crippen LogP contribution in [0.4, 0.5) is 11.4 Å². The van der Waals surface area contributed by atoms with E-state index in [1.54, 1.807) is 11.3 Å². The van der Waals surface area contributed by atoms with Crippen molar-refractivity contribution in [2.75, 3.05) is 4.90 Å². The van der Waals surface area contributed by atoms with Crippen molar-refractivity contribution in [3.63, 3.8) is 0 Å². The van der Waals surface area contributed by atoms with Gasteiger partial charge in [-0.25, -0.2) is 4.98 Å². The lowest BCUT2D eigenvalue weighted by atomic mass is 9.89. The van der Waals surface area contributed by atoms with Crippen LogP contribution in [-0.4, -0.2) is 11.0 Å². The predicted octanol–water partition coefficient (Wildman–Crippen LogP) is 9.88. The Balaban J connectivity index is 1.10. The van der Waals surface area contributed by atoms with E-state index in [0.29, 0.717) is 5.92 Å². The van der Waals surface area contributed by atoms with Crippen molar-refractivity contribution in [2.24, 2.45) is 0 Å². The number of rotatable bonds is 3. The molecule has 2 aliphatic rings. The van der Waals surface area contributed by atoms with Gasteiger partial charge in [0.2, 0.25) is 0 Å². The Morgan fingerprint density at radius 3 is 2.20 bits per heavy atom. The molecule has 0 spiro atoms. The number of hydrogen-bond donors (Lipinski definition) is 0. The maximum Gasteiger partial charge on any atom is 0.124 e. The number of nitrogens with zero attached hydrogens (tertiary/aromatic N) is 2. The fourth-order valence-electron chi connectivity index (χ4n) is 7.36. The summed E-state index contributed by atoms with van der Waals surface area (Å²) in [4.78, 5) is 7.84. The van der Waals surface area contributed by atoms with Crippen LogP contribution in [0, 0.1) is 0 Å². The molecule has 2 nitrogen and oxygen atoms in total. The van der Waals surface area contributed by atoms with Gasteiger partial charge in [-0.15, -0.1) is 22.7 Å². The van der Waals surface area contributed by atoms with Gasteiger partial charge in [-0.3, -0.25) is 0 Å². The number of aromatic nitrogens is 1. The Kier molecular flexibility index (Phi) is 5.48. The Morgan fingerprint density at radius 1 is 0.600 bits per heavy atom. The first-order valence-electron chi connectivity index (χ1n) is 15.4. The van der Waals surface area contributed by atoms with Crippen LogP contribution < -0.4 is 15.3 Å². The fraction of sp³-hybridized carbons (Fsp3) is 0.0488. The molecule has 0 N–H and O–H groups in total. The number of para-hydroxylation sites is 1. The highest BCUT2D eigenvalue weighted by Crippen LogP contribution is 2.49. The average Bonchev–Trinajstić information content (AvgIpc) is 3.79.